The fraction of sp³-hybridized carbons (Fsp3) is 0.923. The maximum Gasteiger partial charge on any atom is 0.191 e. The van der Waals surface area contributed by atoms with E-state index < -0.39 is 0 Å². The Kier molecular flexibility index (Phi) is 4.45. The van der Waals surface area contributed by atoms with Crippen LogP contribution < -0.4 is 10.6 Å². The van der Waals surface area contributed by atoms with Gasteiger partial charge in [-0.15, -0.1) is 0 Å². The van der Waals surface area contributed by atoms with E-state index in [4.69, 9.17) is 4.74 Å². The Hall–Kier alpha value is -0.810. The lowest BCUT2D eigenvalue weighted by atomic mass is 9.88. The highest BCUT2D eigenvalue weighted by atomic mass is 16.5. The molecular weight excluding hydrogens is 228 g/mol. The zero-order chi connectivity index (χ0) is 13.0. The van der Waals surface area contributed by atoms with Crippen molar-refractivity contribution in [3.05, 3.63) is 0 Å². The predicted octanol–water partition coefficient (Wildman–Crippen LogP) is 0.425. The highest BCUT2D eigenvalue weighted by molar-refractivity contribution is 5.80. The van der Waals surface area contributed by atoms with Crippen LogP contribution in [0.5, 0.6) is 0 Å². The van der Waals surface area contributed by atoms with E-state index in [0.29, 0.717) is 6.04 Å². The lowest BCUT2D eigenvalue weighted by Crippen LogP contribution is -2.57. The molecule has 0 aromatic carbocycles. The fourth-order valence-corrected chi connectivity index (χ4v) is 2.40. The monoisotopic (exact) mass is 254 g/mol. The first-order chi connectivity index (χ1) is 8.66. The van der Waals surface area contributed by atoms with Gasteiger partial charge in [-0.25, -0.2) is 0 Å². The molecule has 1 aliphatic heterocycles. The number of hydrogen-bond acceptors (Lipinski definition) is 3. The Bertz CT molecular complexity index is 293. The van der Waals surface area contributed by atoms with Gasteiger partial charge in [0.05, 0.1) is 0 Å². The fourth-order valence-electron chi connectivity index (χ4n) is 2.40. The summed E-state index contributed by atoms with van der Waals surface area (Å²) in [5.41, 5.74) is 0.194. The largest absolute Gasteiger partial charge is 0.381 e. The highest BCUT2D eigenvalue weighted by Crippen LogP contribution is 2.25. The average Bonchev–Trinajstić information content (AvgIpc) is 3.19. The topological polar surface area (TPSA) is 48.9 Å². The van der Waals surface area contributed by atoms with Crippen LogP contribution in [0.15, 0.2) is 4.99 Å². The van der Waals surface area contributed by atoms with Crippen LogP contribution >= 0.6 is 0 Å². The molecule has 104 valence electrons. The quantitative estimate of drug-likeness (QED) is 0.564. The SMILES string of the molecule is CN=C(NCC1(N(C)C)CCOCC1)NC1CC1. The first-order valence-corrected chi connectivity index (χ1v) is 6.89. The molecule has 5 heteroatoms. The van der Waals surface area contributed by atoms with E-state index in [1.165, 1.54) is 12.8 Å². The van der Waals surface area contributed by atoms with Crippen molar-refractivity contribution in [1.82, 2.24) is 15.5 Å². The molecule has 1 saturated heterocycles. The summed E-state index contributed by atoms with van der Waals surface area (Å²) in [6.45, 7) is 2.64. The van der Waals surface area contributed by atoms with Gasteiger partial charge in [-0.2, -0.15) is 0 Å². The summed E-state index contributed by atoms with van der Waals surface area (Å²) in [7, 11) is 6.15. The van der Waals surface area contributed by atoms with Gasteiger partial charge in [0.2, 0.25) is 0 Å². The molecule has 0 unspecified atom stereocenters. The van der Waals surface area contributed by atoms with Gasteiger partial charge in [0.15, 0.2) is 5.96 Å². The summed E-state index contributed by atoms with van der Waals surface area (Å²) in [4.78, 5) is 6.61. The third kappa shape index (κ3) is 3.36. The summed E-state index contributed by atoms with van der Waals surface area (Å²) < 4.78 is 5.48. The number of nitrogens with zero attached hydrogens (tertiary/aromatic N) is 2. The van der Waals surface area contributed by atoms with Crippen LogP contribution in [0.1, 0.15) is 25.7 Å². The third-order valence-corrected chi connectivity index (χ3v) is 4.10. The Morgan fingerprint density at radius 3 is 2.50 bits per heavy atom. The van der Waals surface area contributed by atoms with Crippen molar-refractivity contribution in [2.45, 2.75) is 37.3 Å². The number of likely N-dealkylation sites (N-methyl/N-ethyl adjacent to an activating group) is 1. The van der Waals surface area contributed by atoms with Crippen LogP contribution in [0.25, 0.3) is 0 Å². The van der Waals surface area contributed by atoms with Crippen molar-refractivity contribution in [2.75, 3.05) is 40.9 Å². The molecule has 2 fully saturated rings. The number of guanidine groups is 1. The molecule has 0 radical (unpaired) electrons. The summed E-state index contributed by atoms with van der Waals surface area (Å²) >= 11 is 0. The van der Waals surface area contributed by atoms with Crippen molar-refractivity contribution in [1.29, 1.82) is 0 Å². The molecule has 0 atom stereocenters. The minimum absolute atomic E-state index is 0.194. The molecule has 2 aliphatic rings. The summed E-state index contributed by atoms with van der Waals surface area (Å²) in [5.74, 6) is 0.935. The van der Waals surface area contributed by atoms with Gasteiger partial charge in [0.25, 0.3) is 0 Å². The lowest BCUT2D eigenvalue weighted by molar-refractivity contribution is -0.00501. The van der Waals surface area contributed by atoms with Gasteiger partial charge in [-0.3, -0.25) is 4.99 Å². The van der Waals surface area contributed by atoms with E-state index in [0.717, 1.165) is 38.6 Å². The lowest BCUT2D eigenvalue weighted by Gasteiger charge is -2.43. The van der Waals surface area contributed by atoms with Gasteiger partial charge in [-0.05, 0) is 39.8 Å². The summed E-state index contributed by atoms with van der Waals surface area (Å²) in [6, 6.07) is 0.640. The van der Waals surface area contributed by atoms with Crippen LogP contribution in [0.3, 0.4) is 0 Å². The van der Waals surface area contributed by atoms with E-state index in [1.807, 2.05) is 7.05 Å². The van der Waals surface area contributed by atoms with Gasteiger partial charge in [0, 0.05) is 38.4 Å². The molecule has 0 amide bonds. The number of hydrogen-bond donors (Lipinski definition) is 2. The standard InChI is InChI=1S/C13H26N4O/c1-14-12(16-11-4-5-11)15-10-13(17(2)3)6-8-18-9-7-13/h11H,4-10H2,1-3H3,(H2,14,15,16). The Morgan fingerprint density at radius 2 is 2.00 bits per heavy atom. The molecule has 1 aliphatic carbocycles. The molecule has 0 aromatic rings. The maximum absolute atomic E-state index is 5.48. The zero-order valence-corrected chi connectivity index (χ0v) is 11.8. The highest BCUT2D eigenvalue weighted by Gasteiger charge is 2.35. The van der Waals surface area contributed by atoms with Crippen molar-refractivity contribution in [3.63, 3.8) is 0 Å². The third-order valence-electron chi connectivity index (χ3n) is 4.10. The second kappa shape index (κ2) is 5.89. The molecule has 18 heavy (non-hydrogen) atoms. The van der Waals surface area contributed by atoms with Crippen LogP contribution in [-0.4, -0.2) is 63.3 Å². The van der Waals surface area contributed by atoms with E-state index in [2.05, 4.69) is 34.6 Å². The first kappa shape index (κ1) is 13.6. The molecule has 1 heterocycles. The molecule has 0 spiro atoms. The molecule has 5 nitrogen and oxygen atoms in total. The maximum atomic E-state index is 5.48. The molecule has 2 rings (SSSR count). The molecule has 2 N–H and O–H groups in total. The van der Waals surface area contributed by atoms with Crippen LogP contribution in [0, 0.1) is 0 Å². The van der Waals surface area contributed by atoms with Crippen LogP contribution in [0.2, 0.25) is 0 Å². The molecule has 0 aromatic heterocycles. The van der Waals surface area contributed by atoms with Crippen molar-refractivity contribution in [3.8, 4) is 0 Å². The van der Waals surface area contributed by atoms with E-state index in [1.54, 1.807) is 0 Å². The van der Waals surface area contributed by atoms with Gasteiger partial charge in [0.1, 0.15) is 0 Å². The number of aliphatic imine (C=N–C) groups is 1. The van der Waals surface area contributed by atoms with Crippen molar-refractivity contribution >= 4 is 5.96 Å². The van der Waals surface area contributed by atoms with Gasteiger partial charge in [-0.1, -0.05) is 0 Å². The van der Waals surface area contributed by atoms with Crippen LogP contribution in [0.4, 0.5) is 0 Å². The van der Waals surface area contributed by atoms with Crippen molar-refractivity contribution in [2.24, 2.45) is 4.99 Å². The van der Waals surface area contributed by atoms with Crippen molar-refractivity contribution < 1.29 is 4.74 Å². The Morgan fingerprint density at radius 1 is 1.33 bits per heavy atom. The van der Waals surface area contributed by atoms with Gasteiger partial charge >= 0.3 is 0 Å². The molecule has 0 bridgehead atoms. The van der Waals surface area contributed by atoms with Crippen LogP contribution in [-0.2, 0) is 4.74 Å². The normalized spacial score (nSPS) is 24.1. The minimum Gasteiger partial charge on any atom is -0.381 e. The second-order valence-corrected chi connectivity index (χ2v) is 5.58. The smallest absolute Gasteiger partial charge is 0.191 e. The number of nitrogens with one attached hydrogen (secondary N) is 2. The molecular formula is C13H26N4O. The minimum atomic E-state index is 0.194. The second-order valence-electron chi connectivity index (χ2n) is 5.58. The Labute approximate surface area is 110 Å². The van der Waals surface area contributed by atoms with Gasteiger partial charge < -0.3 is 20.3 Å². The Balaban J connectivity index is 1.87. The zero-order valence-electron chi connectivity index (χ0n) is 11.8. The summed E-state index contributed by atoms with van der Waals surface area (Å²) in [6.07, 6.45) is 4.70. The summed E-state index contributed by atoms with van der Waals surface area (Å²) in [5, 5.41) is 6.90. The predicted molar refractivity (Wildman–Crippen MR) is 74.0 cm³/mol. The van der Waals surface area contributed by atoms with E-state index in [9.17, 15) is 0 Å². The average molecular weight is 254 g/mol. The van der Waals surface area contributed by atoms with E-state index in [-0.39, 0.29) is 5.54 Å². The first-order valence-electron chi connectivity index (χ1n) is 6.89. The molecule has 1 saturated carbocycles. The van der Waals surface area contributed by atoms with E-state index >= 15 is 0 Å². The number of ether oxygens (including phenoxy) is 1. The number of rotatable bonds is 4.